The highest BCUT2D eigenvalue weighted by Crippen LogP contribution is 2.29. The quantitative estimate of drug-likeness (QED) is 0.737. The molecular formula is C17H25NO2. The van der Waals surface area contributed by atoms with E-state index in [0.717, 1.165) is 42.6 Å². The molecule has 0 bridgehead atoms. The maximum Gasteiger partial charge on any atom is 0.251 e. The highest BCUT2D eigenvalue weighted by atomic mass is 16.5. The SMILES string of the molecule is C=CCOc1c(CCC)cc(C(=O)NC)cc1CCC. The van der Waals surface area contributed by atoms with Crippen LogP contribution in [0.15, 0.2) is 24.8 Å². The second-order valence-corrected chi connectivity index (χ2v) is 4.80. The Balaban J connectivity index is 3.28. The number of ether oxygens (including phenoxy) is 1. The summed E-state index contributed by atoms with van der Waals surface area (Å²) in [5, 5.41) is 2.69. The van der Waals surface area contributed by atoms with Crippen LogP contribution in [0.1, 0.15) is 48.2 Å². The first-order valence-corrected chi connectivity index (χ1v) is 7.29. The average molecular weight is 275 g/mol. The van der Waals surface area contributed by atoms with E-state index >= 15 is 0 Å². The number of carbonyl (C=O) groups excluding carboxylic acids is 1. The van der Waals surface area contributed by atoms with Crippen LogP contribution in [-0.2, 0) is 12.8 Å². The Bertz CT molecular complexity index is 439. The second-order valence-electron chi connectivity index (χ2n) is 4.80. The molecule has 0 unspecified atom stereocenters. The molecule has 0 spiro atoms. The maximum atomic E-state index is 11.9. The van der Waals surface area contributed by atoms with Gasteiger partial charge in [0.05, 0.1) is 0 Å². The van der Waals surface area contributed by atoms with E-state index in [2.05, 4.69) is 25.7 Å². The molecule has 0 aliphatic rings. The van der Waals surface area contributed by atoms with Gasteiger partial charge in [0.1, 0.15) is 12.4 Å². The van der Waals surface area contributed by atoms with Crippen molar-refractivity contribution in [2.75, 3.05) is 13.7 Å². The summed E-state index contributed by atoms with van der Waals surface area (Å²) >= 11 is 0. The number of nitrogens with one attached hydrogen (secondary N) is 1. The highest BCUT2D eigenvalue weighted by molar-refractivity contribution is 5.94. The van der Waals surface area contributed by atoms with Crippen LogP contribution in [0.3, 0.4) is 0 Å². The first-order chi connectivity index (χ1) is 9.67. The first-order valence-electron chi connectivity index (χ1n) is 7.29. The molecule has 0 radical (unpaired) electrons. The van der Waals surface area contributed by atoms with Crippen LogP contribution in [-0.4, -0.2) is 19.6 Å². The van der Waals surface area contributed by atoms with Crippen molar-refractivity contribution in [2.24, 2.45) is 0 Å². The molecule has 0 aliphatic heterocycles. The lowest BCUT2D eigenvalue weighted by atomic mass is 9.97. The van der Waals surface area contributed by atoms with Gasteiger partial charge in [-0.3, -0.25) is 4.79 Å². The number of aryl methyl sites for hydroxylation is 2. The Morgan fingerprint density at radius 1 is 1.25 bits per heavy atom. The van der Waals surface area contributed by atoms with Gasteiger partial charge in [-0.25, -0.2) is 0 Å². The molecule has 1 rings (SSSR count). The summed E-state index contributed by atoms with van der Waals surface area (Å²) in [6, 6.07) is 3.89. The summed E-state index contributed by atoms with van der Waals surface area (Å²) in [5.41, 5.74) is 2.93. The van der Waals surface area contributed by atoms with E-state index in [9.17, 15) is 4.79 Å². The molecule has 0 heterocycles. The summed E-state index contributed by atoms with van der Waals surface area (Å²) in [7, 11) is 1.66. The first kappa shape index (κ1) is 16.3. The van der Waals surface area contributed by atoms with E-state index < -0.39 is 0 Å². The van der Waals surface area contributed by atoms with Crippen molar-refractivity contribution in [3.05, 3.63) is 41.5 Å². The Hall–Kier alpha value is -1.77. The largest absolute Gasteiger partial charge is 0.489 e. The fourth-order valence-corrected chi connectivity index (χ4v) is 2.27. The minimum absolute atomic E-state index is 0.0463. The molecule has 0 saturated heterocycles. The number of benzene rings is 1. The van der Waals surface area contributed by atoms with Gasteiger partial charge in [-0.1, -0.05) is 39.3 Å². The maximum absolute atomic E-state index is 11.9. The summed E-state index contributed by atoms with van der Waals surface area (Å²) < 4.78 is 5.84. The Kier molecular flexibility index (Phi) is 6.85. The van der Waals surface area contributed by atoms with Crippen molar-refractivity contribution in [1.29, 1.82) is 0 Å². The molecule has 20 heavy (non-hydrogen) atoms. The second kappa shape index (κ2) is 8.41. The van der Waals surface area contributed by atoms with Crippen molar-refractivity contribution in [3.63, 3.8) is 0 Å². The minimum Gasteiger partial charge on any atom is -0.489 e. The molecule has 1 amide bonds. The molecule has 3 heteroatoms. The summed E-state index contributed by atoms with van der Waals surface area (Å²) in [6.45, 7) is 8.45. The normalized spacial score (nSPS) is 10.2. The zero-order valence-electron chi connectivity index (χ0n) is 12.8. The van der Waals surface area contributed by atoms with Crippen LogP contribution in [0.4, 0.5) is 0 Å². The molecule has 0 aromatic heterocycles. The van der Waals surface area contributed by atoms with Gasteiger partial charge in [0.15, 0.2) is 0 Å². The van der Waals surface area contributed by atoms with Crippen LogP contribution >= 0.6 is 0 Å². The minimum atomic E-state index is -0.0463. The molecule has 0 aliphatic carbocycles. The number of carbonyl (C=O) groups is 1. The Morgan fingerprint density at radius 3 is 2.20 bits per heavy atom. The fourth-order valence-electron chi connectivity index (χ4n) is 2.27. The molecule has 1 N–H and O–H groups in total. The summed E-state index contributed by atoms with van der Waals surface area (Å²) in [5.74, 6) is 0.885. The van der Waals surface area contributed by atoms with Crippen LogP contribution in [0, 0.1) is 0 Å². The molecule has 0 atom stereocenters. The third-order valence-corrected chi connectivity index (χ3v) is 3.12. The third kappa shape index (κ3) is 4.12. The van der Waals surface area contributed by atoms with Crippen molar-refractivity contribution in [1.82, 2.24) is 5.32 Å². The topological polar surface area (TPSA) is 38.3 Å². The predicted molar refractivity (Wildman–Crippen MR) is 83.5 cm³/mol. The fraction of sp³-hybridized carbons (Fsp3) is 0.471. The molecular weight excluding hydrogens is 250 g/mol. The van der Waals surface area contributed by atoms with Gasteiger partial charge in [-0.15, -0.1) is 0 Å². The van der Waals surface area contributed by atoms with Crippen molar-refractivity contribution in [3.8, 4) is 5.75 Å². The predicted octanol–water partition coefficient (Wildman–Crippen LogP) is 3.52. The summed E-state index contributed by atoms with van der Waals surface area (Å²) in [6.07, 6.45) is 5.61. The molecule has 0 fully saturated rings. The van der Waals surface area contributed by atoms with Crippen LogP contribution < -0.4 is 10.1 Å². The van der Waals surface area contributed by atoms with Crippen molar-refractivity contribution in [2.45, 2.75) is 39.5 Å². The van der Waals surface area contributed by atoms with Gasteiger partial charge in [0, 0.05) is 12.6 Å². The number of amides is 1. The average Bonchev–Trinajstić information content (AvgIpc) is 2.46. The van der Waals surface area contributed by atoms with Gasteiger partial charge in [-0.05, 0) is 36.1 Å². The lowest BCUT2D eigenvalue weighted by molar-refractivity contribution is 0.0963. The smallest absolute Gasteiger partial charge is 0.251 e. The molecule has 0 saturated carbocycles. The summed E-state index contributed by atoms with van der Waals surface area (Å²) in [4.78, 5) is 11.9. The van der Waals surface area contributed by atoms with E-state index in [-0.39, 0.29) is 5.91 Å². The molecule has 3 nitrogen and oxygen atoms in total. The van der Waals surface area contributed by atoms with Gasteiger partial charge in [0.25, 0.3) is 5.91 Å². The van der Waals surface area contributed by atoms with Crippen LogP contribution in [0.25, 0.3) is 0 Å². The van der Waals surface area contributed by atoms with Crippen molar-refractivity contribution >= 4 is 5.91 Å². The van der Waals surface area contributed by atoms with E-state index in [1.165, 1.54) is 0 Å². The standard InChI is InChI=1S/C17H25NO2/c1-5-8-13-11-15(17(19)18-4)12-14(9-6-2)16(13)20-10-7-3/h7,11-12H,3,5-6,8-10H2,1-2,4H3,(H,18,19). The van der Waals surface area contributed by atoms with Crippen LogP contribution in [0.2, 0.25) is 0 Å². The number of hydrogen-bond acceptors (Lipinski definition) is 2. The third-order valence-electron chi connectivity index (χ3n) is 3.12. The highest BCUT2D eigenvalue weighted by Gasteiger charge is 2.14. The zero-order chi connectivity index (χ0) is 15.0. The van der Waals surface area contributed by atoms with Gasteiger partial charge >= 0.3 is 0 Å². The van der Waals surface area contributed by atoms with Crippen LogP contribution in [0.5, 0.6) is 5.75 Å². The molecule has 1 aromatic carbocycles. The van der Waals surface area contributed by atoms with Gasteiger partial charge in [-0.2, -0.15) is 0 Å². The van der Waals surface area contributed by atoms with Gasteiger partial charge in [0.2, 0.25) is 0 Å². The van der Waals surface area contributed by atoms with Gasteiger partial charge < -0.3 is 10.1 Å². The monoisotopic (exact) mass is 275 g/mol. The molecule has 110 valence electrons. The number of hydrogen-bond donors (Lipinski definition) is 1. The van der Waals surface area contributed by atoms with E-state index in [0.29, 0.717) is 12.2 Å². The van der Waals surface area contributed by atoms with Crippen molar-refractivity contribution < 1.29 is 9.53 Å². The Labute approximate surface area is 122 Å². The molecule has 1 aromatic rings. The van der Waals surface area contributed by atoms with E-state index in [1.807, 2.05) is 12.1 Å². The lowest BCUT2D eigenvalue weighted by Gasteiger charge is -2.16. The lowest BCUT2D eigenvalue weighted by Crippen LogP contribution is -2.18. The Morgan fingerprint density at radius 2 is 1.80 bits per heavy atom. The number of rotatable bonds is 8. The van der Waals surface area contributed by atoms with E-state index in [1.54, 1.807) is 13.1 Å². The zero-order valence-corrected chi connectivity index (χ0v) is 12.8. The van der Waals surface area contributed by atoms with E-state index in [4.69, 9.17) is 4.74 Å².